The van der Waals surface area contributed by atoms with Gasteiger partial charge in [-0.3, -0.25) is 0 Å². The fourth-order valence-electron chi connectivity index (χ4n) is 9.28. The number of hydrogen-bond donors (Lipinski definition) is 0. The standard InChI is InChI=1S/C15H30.C13H26.C12H24/c1-13(2,3)11-15(9-7-8-10-15)12-14(4,5)6;1-10(2)9-12-7-5-6-8-13(12)11(3)4;1-9(2)11-5-7-12(8-6-11)10(3)4/h7-12H2,1-6H3;10-13H,5-9H2,1-4H3;9-12H,5-8H2,1-4H3/t;12-,13+;/m.1./s1. The minimum absolute atomic E-state index is 0.496. The SMILES string of the molecule is CC(C)(C)CC1(CC(C)(C)C)CCCC1.CC(C)C1CCC(C(C)C)CC1.CC(C)C[C@H]1CCCC[C@H]1C(C)C. The fourth-order valence-corrected chi connectivity index (χ4v) is 9.28. The molecule has 2 atom stereocenters. The van der Waals surface area contributed by atoms with Gasteiger partial charge in [0.05, 0.1) is 0 Å². The third kappa shape index (κ3) is 15.5. The Morgan fingerprint density at radius 3 is 1.25 bits per heavy atom. The van der Waals surface area contributed by atoms with Crippen LogP contribution in [0.2, 0.25) is 0 Å². The van der Waals surface area contributed by atoms with Gasteiger partial charge in [-0.1, -0.05) is 129 Å². The van der Waals surface area contributed by atoms with Gasteiger partial charge in [-0.2, -0.15) is 0 Å². The Hall–Kier alpha value is 0. The monoisotopic (exact) mass is 561 g/mol. The molecule has 3 rings (SSSR count). The third-order valence-corrected chi connectivity index (χ3v) is 10.8. The van der Waals surface area contributed by atoms with Gasteiger partial charge in [-0.05, 0) is 128 Å². The predicted octanol–water partition coefficient (Wildman–Crippen LogP) is 14.0. The summed E-state index contributed by atoms with van der Waals surface area (Å²) in [6, 6.07) is 0. The molecule has 0 aromatic carbocycles. The highest BCUT2D eigenvalue weighted by Crippen LogP contribution is 2.52. The summed E-state index contributed by atoms with van der Waals surface area (Å²) in [7, 11) is 0. The van der Waals surface area contributed by atoms with E-state index in [-0.39, 0.29) is 0 Å². The molecule has 3 aliphatic rings. The van der Waals surface area contributed by atoms with E-state index in [0.717, 1.165) is 47.3 Å². The molecule has 0 heteroatoms. The van der Waals surface area contributed by atoms with E-state index in [0.29, 0.717) is 16.2 Å². The maximum atomic E-state index is 2.41. The van der Waals surface area contributed by atoms with Crippen LogP contribution in [0.5, 0.6) is 0 Å². The van der Waals surface area contributed by atoms with Crippen molar-refractivity contribution in [3.8, 4) is 0 Å². The van der Waals surface area contributed by atoms with Crippen molar-refractivity contribution in [3.63, 3.8) is 0 Å². The highest BCUT2D eigenvalue weighted by molar-refractivity contribution is 4.91. The molecule has 0 aliphatic heterocycles. The topological polar surface area (TPSA) is 0 Å². The molecule has 0 amide bonds. The van der Waals surface area contributed by atoms with E-state index in [4.69, 9.17) is 0 Å². The van der Waals surface area contributed by atoms with Crippen LogP contribution in [0.25, 0.3) is 0 Å². The molecule has 3 fully saturated rings. The molecule has 0 spiro atoms. The van der Waals surface area contributed by atoms with Gasteiger partial charge >= 0.3 is 0 Å². The summed E-state index contributed by atoms with van der Waals surface area (Å²) < 4.78 is 0. The third-order valence-electron chi connectivity index (χ3n) is 10.8. The average Bonchev–Trinajstić information content (AvgIpc) is 3.24. The van der Waals surface area contributed by atoms with Crippen molar-refractivity contribution < 1.29 is 0 Å². The summed E-state index contributed by atoms with van der Waals surface area (Å²) >= 11 is 0. The van der Waals surface area contributed by atoms with Crippen LogP contribution >= 0.6 is 0 Å². The maximum absolute atomic E-state index is 2.41. The molecule has 40 heavy (non-hydrogen) atoms. The van der Waals surface area contributed by atoms with Crippen molar-refractivity contribution in [2.75, 3.05) is 0 Å². The second-order valence-corrected chi connectivity index (χ2v) is 18.9. The van der Waals surface area contributed by atoms with E-state index >= 15 is 0 Å². The molecule has 0 radical (unpaired) electrons. The minimum atomic E-state index is 0.496. The van der Waals surface area contributed by atoms with Crippen molar-refractivity contribution in [2.45, 2.75) is 193 Å². The fraction of sp³-hybridized carbons (Fsp3) is 1.00. The van der Waals surface area contributed by atoms with Crippen molar-refractivity contribution >= 4 is 0 Å². The van der Waals surface area contributed by atoms with Crippen molar-refractivity contribution in [2.24, 2.45) is 63.6 Å². The van der Waals surface area contributed by atoms with Crippen LogP contribution in [0.1, 0.15) is 193 Å². The lowest BCUT2D eigenvalue weighted by Crippen LogP contribution is -2.28. The van der Waals surface area contributed by atoms with Crippen LogP contribution in [0.15, 0.2) is 0 Å². The number of rotatable bonds is 7. The minimum Gasteiger partial charge on any atom is -0.0628 e. The zero-order chi connectivity index (χ0) is 30.7. The molecule has 240 valence electrons. The zero-order valence-electron chi connectivity index (χ0n) is 30.7. The van der Waals surface area contributed by atoms with Crippen LogP contribution in [0.3, 0.4) is 0 Å². The smallest absolute Gasteiger partial charge is 0.0288 e. The molecular weight excluding hydrogens is 480 g/mol. The Morgan fingerprint density at radius 2 is 0.925 bits per heavy atom. The van der Waals surface area contributed by atoms with E-state index in [2.05, 4.69) is 96.9 Å². The van der Waals surface area contributed by atoms with E-state index in [9.17, 15) is 0 Å². The van der Waals surface area contributed by atoms with Gasteiger partial charge in [0.2, 0.25) is 0 Å². The molecule has 0 aromatic rings. The highest BCUT2D eigenvalue weighted by Gasteiger charge is 2.39. The molecule has 3 aliphatic carbocycles. The van der Waals surface area contributed by atoms with Gasteiger partial charge in [0, 0.05) is 0 Å². The Bertz CT molecular complexity index is 588. The lowest BCUT2D eigenvalue weighted by atomic mass is 9.65. The second-order valence-electron chi connectivity index (χ2n) is 18.9. The molecule has 0 heterocycles. The van der Waals surface area contributed by atoms with Crippen LogP contribution in [-0.4, -0.2) is 0 Å². The Labute approximate surface area is 256 Å². The van der Waals surface area contributed by atoms with E-state index in [1.54, 1.807) is 0 Å². The summed E-state index contributed by atoms with van der Waals surface area (Å²) in [4.78, 5) is 0. The maximum Gasteiger partial charge on any atom is -0.0288 e. The van der Waals surface area contributed by atoms with Gasteiger partial charge in [-0.15, -0.1) is 0 Å². The normalized spacial score (nSPS) is 27.4. The largest absolute Gasteiger partial charge is 0.0628 e. The van der Waals surface area contributed by atoms with E-state index < -0.39 is 0 Å². The van der Waals surface area contributed by atoms with Crippen molar-refractivity contribution in [3.05, 3.63) is 0 Å². The lowest BCUT2D eigenvalue weighted by Gasteiger charge is -2.40. The van der Waals surface area contributed by atoms with Crippen LogP contribution in [0.4, 0.5) is 0 Å². The van der Waals surface area contributed by atoms with Gasteiger partial charge < -0.3 is 0 Å². The molecular formula is C40H80. The first-order chi connectivity index (χ1) is 18.3. The summed E-state index contributed by atoms with van der Waals surface area (Å²) in [5.74, 6) is 7.74. The second kappa shape index (κ2) is 17.3. The number of hydrogen-bond acceptors (Lipinski definition) is 0. The van der Waals surface area contributed by atoms with Crippen LogP contribution < -0.4 is 0 Å². The van der Waals surface area contributed by atoms with Gasteiger partial charge in [0.1, 0.15) is 0 Å². The molecule has 0 aromatic heterocycles. The zero-order valence-corrected chi connectivity index (χ0v) is 30.7. The van der Waals surface area contributed by atoms with Crippen LogP contribution in [0, 0.1) is 63.6 Å². The predicted molar refractivity (Wildman–Crippen MR) is 184 cm³/mol. The quantitative estimate of drug-likeness (QED) is 0.290. The first kappa shape index (κ1) is 38.0. The molecule has 3 saturated carbocycles. The lowest BCUT2D eigenvalue weighted by molar-refractivity contribution is 0.111. The molecule has 0 N–H and O–H groups in total. The van der Waals surface area contributed by atoms with Crippen LogP contribution in [-0.2, 0) is 0 Å². The molecule has 0 saturated heterocycles. The Balaban J connectivity index is 0.000000302. The van der Waals surface area contributed by atoms with Crippen molar-refractivity contribution in [1.82, 2.24) is 0 Å². The highest BCUT2D eigenvalue weighted by atomic mass is 14.4. The Morgan fingerprint density at radius 1 is 0.525 bits per heavy atom. The first-order valence-corrected chi connectivity index (χ1v) is 18.3. The summed E-state index contributed by atoms with van der Waals surface area (Å²) in [6.07, 6.45) is 22.1. The summed E-state index contributed by atoms with van der Waals surface area (Å²) in [5, 5.41) is 0. The van der Waals surface area contributed by atoms with E-state index in [1.165, 1.54) is 96.3 Å². The summed E-state index contributed by atoms with van der Waals surface area (Å²) in [6.45, 7) is 33.4. The Kier molecular flexibility index (Phi) is 16.5. The van der Waals surface area contributed by atoms with E-state index in [1.807, 2.05) is 0 Å². The first-order valence-electron chi connectivity index (χ1n) is 18.3. The van der Waals surface area contributed by atoms with Crippen molar-refractivity contribution in [1.29, 1.82) is 0 Å². The molecule has 0 unspecified atom stereocenters. The molecule has 0 bridgehead atoms. The van der Waals surface area contributed by atoms with Gasteiger partial charge in [-0.25, -0.2) is 0 Å². The summed E-state index contributed by atoms with van der Waals surface area (Å²) in [5.41, 5.74) is 1.65. The van der Waals surface area contributed by atoms with Gasteiger partial charge in [0.25, 0.3) is 0 Å². The molecule has 0 nitrogen and oxygen atoms in total. The average molecular weight is 561 g/mol. The van der Waals surface area contributed by atoms with Gasteiger partial charge in [0.15, 0.2) is 0 Å².